The molecule has 5 rings (SSSR count). The Labute approximate surface area is 169 Å². The van der Waals surface area contributed by atoms with Crippen molar-refractivity contribution in [3.05, 3.63) is 42.1 Å². The molecule has 1 N–H and O–H groups in total. The molecule has 152 valence electrons. The molecule has 1 fully saturated rings. The lowest BCUT2D eigenvalue weighted by molar-refractivity contribution is -0.124. The van der Waals surface area contributed by atoms with Crippen LogP contribution >= 0.6 is 0 Å². The molecule has 1 amide bonds. The summed E-state index contributed by atoms with van der Waals surface area (Å²) in [5, 5.41) is 2.83. The Balaban J connectivity index is 1.09. The largest absolute Gasteiger partial charge is 0.477 e. The second kappa shape index (κ2) is 7.88. The minimum atomic E-state index is -0.460. The third-order valence-corrected chi connectivity index (χ3v) is 5.59. The number of amides is 1. The number of carbonyl (C=O) groups is 1. The Bertz CT molecular complexity index is 898. The Morgan fingerprint density at radius 1 is 1.03 bits per heavy atom. The number of rotatable bonds is 5. The van der Waals surface area contributed by atoms with E-state index in [2.05, 4.69) is 32.2 Å². The summed E-state index contributed by atoms with van der Waals surface area (Å²) in [6.07, 6.45) is 1.85. The van der Waals surface area contributed by atoms with Gasteiger partial charge in [0.1, 0.15) is 0 Å². The molecule has 2 aromatic rings. The van der Waals surface area contributed by atoms with Crippen molar-refractivity contribution >= 4 is 11.7 Å². The Kier molecular flexibility index (Phi) is 4.95. The molecular formula is C21H24N4O4. The number of nitrogens with zero attached hydrogens (tertiary/aromatic N) is 3. The minimum Gasteiger partial charge on any atom is -0.477 e. The zero-order chi connectivity index (χ0) is 19.6. The third kappa shape index (κ3) is 3.99. The molecular weight excluding hydrogens is 372 g/mol. The van der Waals surface area contributed by atoms with Gasteiger partial charge in [0, 0.05) is 51.9 Å². The lowest BCUT2D eigenvalue weighted by Gasteiger charge is -2.35. The summed E-state index contributed by atoms with van der Waals surface area (Å²) in [7, 11) is 0. The van der Waals surface area contributed by atoms with E-state index in [0.717, 1.165) is 50.8 Å². The normalized spacial score (nSPS) is 21.4. The van der Waals surface area contributed by atoms with Crippen LogP contribution in [0.1, 0.15) is 12.0 Å². The number of nitrogens with one attached hydrogen (secondary N) is 1. The quantitative estimate of drug-likeness (QED) is 0.825. The van der Waals surface area contributed by atoms with E-state index in [-0.39, 0.29) is 5.91 Å². The van der Waals surface area contributed by atoms with E-state index in [9.17, 15) is 4.79 Å². The minimum absolute atomic E-state index is 0.113. The summed E-state index contributed by atoms with van der Waals surface area (Å²) in [5.74, 6) is 2.70. The number of benzene rings is 1. The van der Waals surface area contributed by atoms with E-state index in [0.29, 0.717) is 24.8 Å². The van der Waals surface area contributed by atoms with Gasteiger partial charge >= 0.3 is 0 Å². The predicted octanol–water partition coefficient (Wildman–Crippen LogP) is 1.72. The second-order valence-electron chi connectivity index (χ2n) is 7.54. The Hall–Kier alpha value is -2.84. The molecule has 0 spiro atoms. The fraction of sp³-hybridized carbons (Fsp3) is 0.429. The molecule has 0 saturated carbocycles. The number of ether oxygens (including phenoxy) is 3. The van der Waals surface area contributed by atoms with Crippen LogP contribution in [0.5, 0.6) is 17.2 Å². The van der Waals surface area contributed by atoms with Crippen molar-refractivity contribution in [2.24, 2.45) is 0 Å². The molecule has 3 aliphatic rings. The molecule has 3 aliphatic heterocycles. The highest BCUT2D eigenvalue weighted by atomic mass is 16.7. The maximum absolute atomic E-state index is 12.2. The summed E-state index contributed by atoms with van der Waals surface area (Å²) in [4.78, 5) is 21.2. The number of hydrogen-bond acceptors (Lipinski definition) is 7. The zero-order valence-electron chi connectivity index (χ0n) is 16.2. The van der Waals surface area contributed by atoms with Gasteiger partial charge in [-0.3, -0.25) is 9.69 Å². The molecule has 1 atom stereocenters. The standard InChI is InChI=1S/C21H24N4O4/c26-21-18(29-17-2-1-6-22-20(17)23-21)5-7-24-8-10-25(11-9-24)13-15-3-4-16-19(12-15)28-14-27-16/h1-4,6,12,18H,5,7-11,13-14H2,(H,22,23,26)/t18-/m1/s1. The fourth-order valence-corrected chi connectivity index (χ4v) is 3.94. The predicted molar refractivity (Wildman–Crippen MR) is 106 cm³/mol. The molecule has 0 unspecified atom stereocenters. The van der Waals surface area contributed by atoms with E-state index >= 15 is 0 Å². The van der Waals surface area contributed by atoms with Crippen molar-refractivity contribution in [2.75, 3.05) is 44.8 Å². The number of hydrogen-bond donors (Lipinski definition) is 1. The number of aromatic nitrogens is 1. The summed E-state index contributed by atoms with van der Waals surface area (Å²) < 4.78 is 16.7. The highest BCUT2D eigenvalue weighted by molar-refractivity contribution is 5.96. The second-order valence-corrected chi connectivity index (χ2v) is 7.54. The van der Waals surface area contributed by atoms with E-state index in [4.69, 9.17) is 14.2 Å². The topological polar surface area (TPSA) is 76.2 Å². The van der Waals surface area contributed by atoms with Crippen LogP contribution in [0.2, 0.25) is 0 Å². The number of pyridine rings is 1. The lowest BCUT2D eigenvalue weighted by Crippen LogP contribution is -2.47. The van der Waals surface area contributed by atoms with E-state index in [1.165, 1.54) is 5.56 Å². The molecule has 8 heteroatoms. The van der Waals surface area contributed by atoms with Crippen LogP contribution in [0.25, 0.3) is 0 Å². The van der Waals surface area contributed by atoms with Gasteiger partial charge in [0.25, 0.3) is 5.91 Å². The number of carbonyl (C=O) groups excluding carboxylic acids is 1. The summed E-state index contributed by atoms with van der Waals surface area (Å²) in [5.41, 5.74) is 1.24. The van der Waals surface area contributed by atoms with Crippen molar-refractivity contribution in [3.8, 4) is 17.2 Å². The van der Waals surface area contributed by atoms with Crippen LogP contribution in [0.15, 0.2) is 36.5 Å². The van der Waals surface area contributed by atoms with Gasteiger partial charge in [0.2, 0.25) is 6.79 Å². The third-order valence-electron chi connectivity index (χ3n) is 5.59. The molecule has 0 aliphatic carbocycles. The van der Waals surface area contributed by atoms with Gasteiger partial charge in [0.05, 0.1) is 0 Å². The summed E-state index contributed by atoms with van der Waals surface area (Å²) in [6.45, 7) is 6.02. The molecule has 0 radical (unpaired) electrons. The van der Waals surface area contributed by atoms with Crippen LogP contribution < -0.4 is 19.5 Å². The zero-order valence-corrected chi connectivity index (χ0v) is 16.2. The van der Waals surface area contributed by atoms with Crippen molar-refractivity contribution in [1.82, 2.24) is 14.8 Å². The molecule has 1 saturated heterocycles. The van der Waals surface area contributed by atoms with Crippen molar-refractivity contribution in [3.63, 3.8) is 0 Å². The van der Waals surface area contributed by atoms with Gasteiger partial charge in [-0.2, -0.15) is 0 Å². The lowest BCUT2D eigenvalue weighted by atomic mass is 10.1. The van der Waals surface area contributed by atoms with Crippen LogP contribution in [0, 0.1) is 0 Å². The van der Waals surface area contributed by atoms with Crippen LogP contribution in [0.4, 0.5) is 5.82 Å². The van der Waals surface area contributed by atoms with E-state index < -0.39 is 6.10 Å². The number of anilines is 1. The number of fused-ring (bicyclic) bond motifs is 2. The highest BCUT2D eigenvalue weighted by Crippen LogP contribution is 2.33. The highest BCUT2D eigenvalue weighted by Gasteiger charge is 2.29. The molecule has 29 heavy (non-hydrogen) atoms. The van der Waals surface area contributed by atoms with Gasteiger partial charge in [0.15, 0.2) is 29.2 Å². The maximum atomic E-state index is 12.2. The van der Waals surface area contributed by atoms with Gasteiger partial charge in [-0.05, 0) is 29.8 Å². The first kappa shape index (κ1) is 18.2. The smallest absolute Gasteiger partial charge is 0.266 e. The molecule has 0 bridgehead atoms. The van der Waals surface area contributed by atoms with E-state index in [1.54, 1.807) is 6.20 Å². The van der Waals surface area contributed by atoms with Gasteiger partial charge in [-0.1, -0.05) is 6.07 Å². The van der Waals surface area contributed by atoms with Crippen molar-refractivity contribution < 1.29 is 19.0 Å². The molecule has 1 aromatic carbocycles. The summed E-state index contributed by atoms with van der Waals surface area (Å²) >= 11 is 0. The number of piperazine rings is 1. The molecule has 1 aromatic heterocycles. The Morgan fingerprint density at radius 3 is 2.76 bits per heavy atom. The van der Waals surface area contributed by atoms with Crippen molar-refractivity contribution in [1.29, 1.82) is 0 Å². The van der Waals surface area contributed by atoms with E-state index in [1.807, 2.05) is 18.2 Å². The SMILES string of the molecule is O=C1Nc2ncccc2O[C@@H]1CCN1CCN(Cc2ccc3c(c2)OCO3)CC1. The van der Waals surface area contributed by atoms with Crippen molar-refractivity contribution in [2.45, 2.75) is 19.1 Å². The van der Waals surface area contributed by atoms with Crippen LogP contribution in [-0.2, 0) is 11.3 Å². The first-order chi connectivity index (χ1) is 14.2. The summed E-state index contributed by atoms with van der Waals surface area (Å²) in [6, 6.07) is 9.80. The first-order valence-corrected chi connectivity index (χ1v) is 10.0. The average molecular weight is 396 g/mol. The van der Waals surface area contributed by atoms with Gasteiger partial charge in [-0.15, -0.1) is 0 Å². The average Bonchev–Trinajstić information content (AvgIpc) is 3.21. The Morgan fingerprint density at radius 2 is 1.86 bits per heavy atom. The monoisotopic (exact) mass is 396 g/mol. The molecule has 8 nitrogen and oxygen atoms in total. The first-order valence-electron chi connectivity index (χ1n) is 10.0. The van der Waals surface area contributed by atoms with Gasteiger partial charge < -0.3 is 24.4 Å². The van der Waals surface area contributed by atoms with Crippen LogP contribution in [0.3, 0.4) is 0 Å². The molecule has 4 heterocycles. The fourth-order valence-electron chi connectivity index (χ4n) is 3.94. The van der Waals surface area contributed by atoms with Crippen LogP contribution in [-0.4, -0.2) is 66.3 Å². The maximum Gasteiger partial charge on any atom is 0.266 e. The van der Waals surface area contributed by atoms with Gasteiger partial charge in [-0.25, -0.2) is 4.98 Å².